The third-order valence-corrected chi connectivity index (χ3v) is 5.53. The minimum Gasteiger partial charge on any atom is -0.448 e. The molecule has 1 aliphatic heterocycles. The zero-order valence-electron chi connectivity index (χ0n) is 15.6. The second kappa shape index (κ2) is 6.83. The highest BCUT2D eigenvalue weighted by atomic mass is 32.2. The van der Waals surface area contributed by atoms with Gasteiger partial charge in [0, 0.05) is 33.4 Å². The van der Waals surface area contributed by atoms with Gasteiger partial charge in [0.1, 0.15) is 0 Å². The second-order valence-electron chi connectivity index (χ2n) is 6.58. The van der Waals surface area contributed by atoms with E-state index in [9.17, 15) is 0 Å². The first-order chi connectivity index (χ1) is 13.7. The van der Waals surface area contributed by atoms with E-state index < -0.39 is 6.23 Å². The van der Waals surface area contributed by atoms with Gasteiger partial charge in [0.05, 0.1) is 0 Å². The number of nitrogens with zero attached hydrogens (tertiary/aromatic N) is 3. The van der Waals surface area contributed by atoms with Crippen molar-refractivity contribution in [3.05, 3.63) is 59.8 Å². The van der Waals surface area contributed by atoms with Gasteiger partial charge < -0.3 is 15.0 Å². The van der Waals surface area contributed by atoms with Crippen LogP contribution in [-0.4, -0.2) is 25.9 Å². The summed E-state index contributed by atoms with van der Waals surface area (Å²) in [4.78, 5) is 8.10. The molecule has 0 spiro atoms. The molecule has 0 saturated carbocycles. The number of ether oxygens (including phenoxy) is 1. The number of H-pyrrole nitrogens is 1. The number of hydrogen-bond acceptors (Lipinski definition) is 6. The number of aryl methyl sites for hydroxylation is 1. The average molecular weight is 389 g/mol. The van der Waals surface area contributed by atoms with Gasteiger partial charge in [0.25, 0.3) is 0 Å². The van der Waals surface area contributed by atoms with Crippen LogP contribution < -0.4 is 10.1 Å². The summed E-state index contributed by atoms with van der Waals surface area (Å²) in [6, 6.07) is 16.3. The van der Waals surface area contributed by atoms with E-state index in [2.05, 4.69) is 51.5 Å². The summed E-state index contributed by atoms with van der Waals surface area (Å²) in [5, 5.41) is 14.0. The van der Waals surface area contributed by atoms with Crippen LogP contribution in [0.25, 0.3) is 22.2 Å². The lowest BCUT2D eigenvalue weighted by atomic mass is 10.1. The Balaban J connectivity index is 1.69. The Morgan fingerprint density at radius 2 is 1.89 bits per heavy atom. The van der Waals surface area contributed by atoms with Crippen LogP contribution in [0.4, 0.5) is 5.69 Å². The normalized spacial score (nSPS) is 15.3. The molecule has 1 aliphatic rings. The van der Waals surface area contributed by atoms with Crippen molar-refractivity contribution in [2.75, 3.05) is 11.1 Å². The van der Waals surface area contributed by atoms with E-state index in [0.29, 0.717) is 16.7 Å². The van der Waals surface area contributed by atoms with E-state index in [1.165, 1.54) is 0 Å². The average Bonchev–Trinajstić information content (AvgIpc) is 2.95. The fourth-order valence-electron chi connectivity index (χ4n) is 3.60. The third-order valence-electron chi connectivity index (χ3n) is 4.81. The molecule has 2 aromatic carbocycles. The van der Waals surface area contributed by atoms with Gasteiger partial charge >= 0.3 is 0 Å². The van der Waals surface area contributed by atoms with Gasteiger partial charge in [0.2, 0.25) is 17.3 Å². The van der Waals surface area contributed by atoms with Gasteiger partial charge in [-0.1, -0.05) is 55.1 Å². The molecule has 0 amide bonds. The quantitative estimate of drug-likeness (QED) is 0.483. The number of aromatic amines is 1. The highest BCUT2D eigenvalue weighted by Gasteiger charge is 2.28. The Kier molecular flexibility index (Phi) is 4.16. The predicted molar refractivity (Wildman–Crippen MR) is 112 cm³/mol. The Bertz CT molecular complexity index is 1170. The van der Waals surface area contributed by atoms with Gasteiger partial charge in [0.15, 0.2) is 5.69 Å². The van der Waals surface area contributed by atoms with E-state index >= 15 is 0 Å². The van der Waals surface area contributed by atoms with Crippen LogP contribution >= 0.6 is 11.8 Å². The molecule has 2 N–H and O–H groups in total. The van der Waals surface area contributed by atoms with Crippen molar-refractivity contribution in [2.45, 2.75) is 25.2 Å². The fourth-order valence-corrected chi connectivity index (χ4v) is 4.11. The zero-order valence-corrected chi connectivity index (χ0v) is 16.4. The Hall–Kier alpha value is -3.06. The first-order valence-electron chi connectivity index (χ1n) is 9.22. The van der Waals surface area contributed by atoms with E-state index in [-0.39, 0.29) is 0 Å². The third kappa shape index (κ3) is 2.79. The van der Waals surface area contributed by atoms with Gasteiger partial charge in [-0.25, -0.2) is 0 Å². The molecular weight excluding hydrogens is 370 g/mol. The Labute approximate surface area is 166 Å². The van der Waals surface area contributed by atoms with Crippen LogP contribution in [0.2, 0.25) is 0 Å². The maximum Gasteiger partial charge on any atom is 0.247 e. The monoisotopic (exact) mass is 389 g/mol. The van der Waals surface area contributed by atoms with Crippen molar-refractivity contribution in [2.24, 2.45) is 0 Å². The maximum absolute atomic E-state index is 6.40. The van der Waals surface area contributed by atoms with Crippen molar-refractivity contribution in [3.63, 3.8) is 0 Å². The maximum atomic E-state index is 6.40. The molecule has 0 fully saturated rings. The van der Waals surface area contributed by atoms with E-state index in [1.807, 2.05) is 36.4 Å². The van der Waals surface area contributed by atoms with Crippen molar-refractivity contribution in [1.82, 2.24) is 20.2 Å². The summed E-state index contributed by atoms with van der Waals surface area (Å²) in [5.74, 6) is 1.37. The molecule has 140 valence electrons. The number of benzene rings is 2. The van der Waals surface area contributed by atoms with Gasteiger partial charge in [-0.2, -0.15) is 4.98 Å². The van der Waals surface area contributed by atoms with Gasteiger partial charge in [-0.05, 0) is 24.8 Å². The SMILES string of the molecule is CCSc1nnc2c(n1)O[C@@H](c1c(C)[nH]c3ccccc13)Nc1ccccc1-2. The van der Waals surface area contributed by atoms with Gasteiger partial charge in [-0.15, -0.1) is 10.2 Å². The lowest BCUT2D eigenvalue weighted by Crippen LogP contribution is -2.17. The summed E-state index contributed by atoms with van der Waals surface area (Å²) in [6.07, 6.45) is -0.394. The van der Waals surface area contributed by atoms with Crippen molar-refractivity contribution < 1.29 is 4.74 Å². The molecule has 5 rings (SSSR count). The molecule has 28 heavy (non-hydrogen) atoms. The molecule has 7 heteroatoms. The number of thioether (sulfide) groups is 1. The lowest BCUT2D eigenvalue weighted by Gasteiger charge is -2.19. The first kappa shape index (κ1) is 17.1. The van der Waals surface area contributed by atoms with Crippen LogP contribution in [0.3, 0.4) is 0 Å². The standard InChI is InChI=1S/C21H19N5OS/c1-3-28-21-24-20-18(25-26-21)14-9-5-7-11-16(14)23-19(27-20)17-12(2)22-15-10-6-4-8-13(15)17/h4-11,19,22-23H,3H2,1-2H3/t19-/m0/s1. The van der Waals surface area contributed by atoms with Crippen LogP contribution in [0.5, 0.6) is 5.88 Å². The number of rotatable bonds is 3. The number of para-hydroxylation sites is 2. The molecule has 0 saturated heterocycles. The van der Waals surface area contributed by atoms with Crippen LogP contribution in [0.15, 0.2) is 53.7 Å². The number of hydrogen-bond donors (Lipinski definition) is 2. The van der Waals surface area contributed by atoms with Crippen LogP contribution in [-0.2, 0) is 0 Å². The Morgan fingerprint density at radius 1 is 1.07 bits per heavy atom. The van der Waals surface area contributed by atoms with E-state index in [1.54, 1.807) is 11.8 Å². The minimum absolute atomic E-state index is 0.394. The van der Waals surface area contributed by atoms with Crippen molar-refractivity contribution in [3.8, 4) is 17.1 Å². The van der Waals surface area contributed by atoms with E-state index in [0.717, 1.165) is 39.2 Å². The molecule has 2 aromatic heterocycles. The first-order valence-corrected chi connectivity index (χ1v) is 10.2. The molecule has 4 aromatic rings. The molecule has 0 aliphatic carbocycles. The van der Waals surface area contributed by atoms with Gasteiger partial charge in [-0.3, -0.25) is 0 Å². The number of anilines is 1. The Morgan fingerprint density at radius 3 is 2.79 bits per heavy atom. The summed E-state index contributed by atoms with van der Waals surface area (Å²) < 4.78 is 6.40. The highest BCUT2D eigenvalue weighted by molar-refractivity contribution is 7.99. The lowest BCUT2D eigenvalue weighted by molar-refractivity contribution is 0.226. The molecule has 3 heterocycles. The molecule has 0 bridgehead atoms. The van der Waals surface area contributed by atoms with Crippen molar-refractivity contribution in [1.29, 1.82) is 0 Å². The van der Waals surface area contributed by atoms with Crippen molar-refractivity contribution >= 4 is 28.4 Å². The molecule has 0 unspecified atom stereocenters. The topological polar surface area (TPSA) is 75.7 Å². The summed E-state index contributed by atoms with van der Waals surface area (Å²) in [7, 11) is 0. The highest BCUT2D eigenvalue weighted by Crippen LogP contribution is 2.41. The second-order valence-corrected chi connectivity index (χ2v) is 7.81. The summed E-state index contributed by atoms with van der Waals surface area (Å²) in [6.45, 7) is 4.13. The van der Waals surface area contributed by atoms with Crippen LogP contribution in [0, 0.1) is 6.92 Å². The number of nitrogens with one attached hydrogen (secondary N) is 2. The predicted octanol–water partition coefficient (Wildman–Crippen LogP) is 4.94. The van der Waals surface area contributed by atoms with E-state index in [4.69, 9.17) is 4.74 Å². The number of aromatic nitrogens is 4. The molecular formula is C21H19N5OS. The summed E-state index contributed by atoms with van der Waals surface area (Å²) >= 11 is 1.55. The smallest absolute Gasteiger partial charge is 0.247 e. The largest absolute Gasteiger partial charge is 0.448 e. The fraction of sp³-hybridized carbons (Fsp3) is 0.190. The molecule has 1 atom stereocenters. The zero-order chi connectivity index (χ0) is 19.1. The molecule has 0 radical (unpaired) electrons. The number of fused-ring (bicyclic) bond motifs is 4. The summed E-state index contributed by atoms with van der Waals surface area (Å²) in [5.41, 5.74) is 5.75. The molecule has 6 nitrogen and oxygen atoms in total. The minimum atomic E-state index is -0.394. The van der Waals surface area contributed by atoms with Crippen LogP contribution in [0.1, 0.15) is 24.4 Å².